The number of aromatic nitrogens is 3. The maximum Gasteiger partial charge on any atom is 0.232 e. The lowest BCUT2D eigenvalue weighted by Crippen LogP contribution is -2.17. The molecule has 3 heterocycles. The molecule has 0 spiro atoms. The van der Waals surface area contributed by atoms with E-state index in [1.807, 2.05) is 13.8 Å². The van der Waals surface area contributed by atoms with Crippen molar-refractivity contribution in [2.45, 2.75) is 64.8 Å². The third kappa shape index (κ3) is 7.03. The summed E-state index contributed by atoms with van der Waals surface area (Å²) in [6, 6.07) is 6.64. The van der Waals surface area contributed by atoms with Crippen molar-refractivity contribution < 1.29 is 17.5 Å². The molecular weight excluding hydrogens is 513 g/mol. The molecule has 0 bridgehead atoms. The van der Waals surface area contributed by atoms with Crippen LogP contribution in [-0.2, 0) is 14.8 Å². The lowest BCUT2D eigenvalue weighted by molar-refractivity contribution is 0.111. The molecule has 1 aliphatic rings. The number of ether oxygens (including phenoxy) is 1. The standard InChI is InChI=1S/C26H34FN5O3S2/c1-4-16-37(33,34)32-20-10-7-9-19(22(20)27)23-24(21-11-13-28-26(30-21)29-17(2)3)36-25(31-23)18-8-5-6-14-35-15-12-18/h7,9-11,13,17-18,32H,4-6,8,12,14-16H2,1-3H3,(H,28,29,30). The Hall–Kier alpha value is -2.63. The molecule has 3 aromatic rings. The SMILES string of the molecule is CCCS(=O)(=O)Nc1cccc(-c2nc(C3CCCCOCC3)sc2-c2ccnc(NC(C)C)n2)c1F. The van der Waals surface area contributed by atoms with Gasteiger partial charge in [0, 0.05) is 36.9 Å². The van der Waals surface area contributed by atoms with Crippen LogP contribution in [0, 0.1) is 5.82 Å². The number of halogens is 1. The first kappa shape index (κ1) is 27.4. The third-order valence-corrected chi connectivity index (χ3v) is 8.71. The fourth-order valence-corrected chi connectivity index (χ4v) is 6.63. The Morgan fingerprint density at radius 2 is 2.00 bits per heavy atom. The van der Waals surface area contributed by atoms with Crippen molar-refractivity contribution >= 4 is 33.0 Å². The van der Waals surface area contributed by atoms with Crippen molar-refractivity contribution in [3.05, 3.63) is 41.3 Å². The van der Waals surface area contributed by atoms with Gasteiger partial charge in [-0.3, -0.25) is 4.72 Å². The molecule has 1 saturated heterocycles. The van der Waals surface area contributed by atoms with Gasteiger partial charge < -0.3 is 10.1 Å². The van der Waals surface area contributed by atoms with Gasteiger partial charge in [-0.2, -0.15) is 0 Å². The summed E-state index contributed by atoms with van der Waals surface area (Å²) in [6.07, 6.45) is 5.97. The van der Waals surface area contributed by atoms with Crippen LogP contribution in [0.3, 0.4) is 0 Å². The van der Waals surface area contributed by atoms with Crippen molar-refractivity contribution in [3.8, 4) is 21.8 Å². The zero-order valence-corrected chi connectivity index (χ0v) is 23.1. The van der Waals surface area contributed by atoms with Crippen molar-refractivity contribution in [2.24, 2.45) is 0 Å². The first-order valence-corrected chi connectivity index (χ1v) is 15.2. The van der Waals surface area contributed by atoms with Gasteiger partial charge in [0.15, 0.2) is 5.82 Å². The van der Waals surface area contributed by atoms with Gasteiger partial charge >= 0.3 is 0 Å². The van der Waals surface area contributed by atoms with E-state index >= 15 is 4.39 Å². The molecule has 1 aromatic carbocycles. The van der Waals surface area contributed by atoms with Gasteiger partial charge in [0.1, 0.15) is 0 Å². The van der Waals surface area contributed by atoms with Gasteiger partial charge in [-0.1, -0.05) is 19.4 Å². The molecule has 0 saturated carbocycles. The van der Waals surface area contributed by atoms with Gasteiger partial charge in [0.25, 0.3) is 0 Å². The molecule has 1 unspecified atom stereocenters. The Morgan fingerprint density at radius 3 is 2.78 bits per heavy atom. The van der Waals surface area contributed by atoms with Crippen LogP contribution >= 0.6 is 11.3 Å². The van der Waals surface area contributed by atoms with Crippen LogP contribution in [0.5, 0.6) is 0 Å². The van der Waals surface area contributed by atoms with Crippen LogP contribution in [0.4, 0.5) is 16.0 Å². The summed E-state index contributed by atoms with van der Waals surface area (Å²) in [5.74, 6) is -0.0635. The number of sulfonamides is 1. The van der Waals surface area contributed by atoms with E-state index in [1.165, 1.54) is 17.4 Å². The molecule has 2 aromatic heterocycles. The number of hydrogen-bond donors (Lipinski definition) is 2. The Bertz CT molecular complexity index is 1310. The summed E-state index contributed by atoms with van der Waals surface area (Å²) in [6.45, 7) is 7.21. The van der Waals surface area contributed by atoms with Crippen LogP contribution in [0.25, 0.3) is 21.8 Å². The molecular formula is C26H34FN5O3S2. The fraction of sp³-hybridized carbons (Fsp3) is 0.500. The number of hydrogen-bond acceptors (Lipinski definition) is 8. The molecule has 0 aliphatic carbocycles. The summed E-state index contributed by atoms with van der Waals surface area (Å²) >= 11 is 1.50. The molecule has 1 atom stereocenters. The van der Waals surface area contributed by atoms with Crippen molar-refractivity contribution in [3.63, 3.8) is 0 Å². The molecule has 1 aliphatic heterocycles. The lowest BCUT2D eigenvalue weighted by Gasteiger charge is -2.17. The van der Waals surface area contributed by atoms with E-state index in [0.29, 0.717) is 30.4 Å². The number of rotatable bonds is 9. The average molecular weight is 548 g/mol. The highest BCUT2D eigenvalue weighted by Gasteiger charge is 2.25. The summed E-state index contributed by atoms with van der Waals surface area (Å²) in [7, 11) is -3.66. The summed E-state index contributed by atoms with van der Waals surface area (Å²) in [5.41, 5.74) is 1.23. The van der Waals surface area contributed by atoms with Crippen molar-refractivity contribution in [2.75, 3.05) is 29.0 Å². The van der Waals surface area contributed by atoms with E-state index in [9.17, 15) is 8.42 Å². The summed E-state index contributed by atoms with van der Waals surface area (Å²) < 4.78 is 48.6. The molecule has 11 heteroatoms. The highest BCUT2D eigenvalue weighted by molar-refractivity contribution is 7.92. The van der Waals surface area contributed by atoms with E-state index in [0.717, 1.165) is 42.2 Å². The smallest absolute Gasteiger partial charge is 0.232 e. The molecule has 4 rings (SSSR count). The van der Waals surface area contributed by atoms with Crippen molar-refractivity contribution in [1.29, 1.82) is 0 Å². The Morgan fingerprint density at radius 1 is 1.16 bits per heavy atom. The minimum atomic E-state index is -3.66. The number of nitrogens with zero attached hydrogens (tertiary/aromatic N) is 3. The molecule has 0 radical (unpaired) electrons. The van der Waals surface area contributed by atoms with Gasteiger partial charge in [0.05, 0.1) is 32.7 Å². The zero-order valence-electron chi connectivity index (χ0n) is 21.5. The highest BCUT2D eigenvalue weighted by atomic mass is 32.2. The van der Waals surface area contributed by atoms with Crippen LogP contribution in [0.2, 0.25) is 0 Å². The van der Waals surface area contributed by atoms with Gasteiger partial charge in [-0.25, -0.2) is 27.8 Å². The minimum absolute atomic E-state index is 0.0842. The largest absolute Gasteiger partial charge is 0.381 e. The summed E-state index contributed by atoms with van der Waals surface area (Å²) in [5, 5.41) is 4.12. The maximum atomic E-state index is 15.8. The molecule has 37 heavy (non-hydrogen) atoms. The third-order valence-electron chi connectivity index (χ3n) is 5.99. The zero-order chi connectivity index (χ0) is 26.4. The number of thiazole rings is 1. The first-order chi connectivity index (χ1) is 17.8. The molecule has 0 amide bonds. The van der Waals surface area contributed by atoms with E-state index in [-0.39, 0.29) is 29.0 Å². The second kappa shape index (κ2) is 12.3. The number of nitrogens with one attached hydrogen (secondary N) is 2. The van der Waals surface area contributed by atoms with E-state index in [2.05, 4.69) is 20.0 Å². The maximum absolute atomic E-state index is 15.8. The van der Waals surface area contributed by atoms with Gasteiger partial charge in [-0.15, -0.1) is 11.3 Å². The van der Waals surface area contributed by atoms with Gasteiger partial charge in [0.2, 0.25) is 16.0 Å². The predicted molar refractivity (Wildman–Crippen MR) is 147 cm³/mol. The Kier molecular flexibility index (Phi) is 9.09. The summed E-state index contributed by atoms with van der Waals surface area (Å²) in [4.78, 5) is 14.7. The second-order valence-corrected chi connectivity index (χ2v) is 12.3. The molecule has 8 nitrogen and oxygen atoms in total. The average Bonchev–Trinajstić information content (AvgIpc) is 3.25. The molecule has 1 fully saturated rings. The number of benzene rings is 1. The normalized spacial score (nSPS) is 16.8. The van der Waals surface area contributed by atoms with E-state index in [4.69, 9.17) is 9.72 Å². The van der Waals surface area contributed by atoms with Gasteiger partial charge in [-0.05, 0) is 57.7 Å². The minimum Gasteiger partial charge on any atom is -0.381 e. The van der Waals surface area contributed by atoms with E-state index < -0.39 is 15.8 Å². The lowest BCUT2D eigenvalue weighted by atomic mass is 9.98. The Balaban J connectivity index is 1.81. The van der Waals surface area contributed by atoms with Crippen LogP contribution in [0.15, 0.2) is 30.5 Å². The number of anilines is 2. The quantitative estimate of drug-likeness (QED) is 0.336. The monoisotopic (exact) mass is 547 g/mol. The topological polar surface area (TPSA) is 106 Å². The van der Waals surface area contributed by atoms with Crippen LogP contribution in [0.1, 0.15) is 63.8 Å². The van der Waals surface area contributed by atoms with Crippen molar-refractivity contribution in [1.82, 2.24) is 15.0 Å². The van der Waals surface area contributed by atoms with E-state index in [1.54, 1.807) is 31.3 Å². The first-order valence-electron chi connectivity index (χ1n) is 12.7. The fourth-order valence-electron chi connectivity index (χ4n) is 4.28. The second-order valence-electron chi connectivity index (χ2n) is 9.48. The van der Waals surface area contributed by atoms with Crippen LogP contribution < -0.4 is 10.0 Å². The van der Waals surface area contributed by atoms with Crippen LogP contribution in [-0.4, -0.2) is 48.4 Å². The molecule has 2 N–H and O–H groups in total. The predicted octanol–water partition coefficient (Wildman–Crippen LogP) is 6.05. The highest BCUT2D eigenvalue weighted by Crippen LogP contribution is 2.42. The molecule has 200 valence electrons. The Labute approximate surface area is 222 Å².